The quantitative estimate of drug-likeness (QED) is 0.505. The molecule has 0 atom stereocenters. The first-order valence-electron chi connectivity index (χ1n) is 8.29. The fourth-order valence-corrected chi connectivity index (χ4v) is 3.24. The highest BCUT2D eigenvalue weighted by molar-refractivity contribution is 8.00. The molecule has 3 aromatic carbocycles. The van der Waals surface area contributed by atoms with Crippen molar-refractivity contribution in [2.24, 2.45) is 0 Å². The van der Waals surface area contributed by atoms with Crippen LogP contribution in [0.4, 0.5) is 0 Å². The van der Waals surface area contributed by atoms with Gasteiger partial charge in [0.15, 0.2) is 0 Å². The largest absolute Gasteiger partial charge is 0.491 e. The predicted molar refractivity (Wildman–Crippen MR) is 104 cm³/mol. The Labute approximate surface area is 152 Å². The fraction of sp³-hybridized carbons (Fsp3) is 0.190. The number of nitrogens with one attached hydrogen (secondary N) is 1. The number of carbonyl (C=O) groups is 1. The number of amides is 1. The summed E-state index contributed by atoms with van der Waals surface area (Å²) in [5, 5.41) is 5.14. The Morgan fingerprint density at radius 2 is 1.76 bits per heavy atom. The standard InChI is InChI=1S/C21H21NO2S/c1-16-9-11-18(12-10-16)25-15-21(23)22-13-14-24-20-8-4-6-17-5-2-3-7-19(17)20/h2-12H,13-15H2,1H3,(H,22,23). The summed E-state index contributed by atoms with van der Waals surface area (Å²) in [5.41, 5.74) is 1.22. The number of hydrogen-bond donors (Lipinski definition) is 1. The molecular weight excluding hydrogens is 330 g/mol. The van der Waals surface area contributed by atoms with Crippen molar-refractivity contribution in [1.82, 2.24) is 5.32 Å². The number of rotatable bonds is 7. The van der Waals surface area contributed by atoms with Crippen LogP contribution in [0.25, 0.3) is 10.8 Å². The molecule has 0 heterocycles. The van der Waals surface area contributed by atoms with Gasteiger partial charge < -0.3 is 10.1 Å². The van der Waals surface area contributed by atoms with Crippen molar-refractivity contribution < 1.29 is 9.53 Å². The SMILES string of the molecule is Cc1ccc(SCC(=O)NCCOc2cccc3ccccc23)cc1. The van der Waals surface area contributed by atoms with Crippen LogP contribution in [0.2, 0.25) is 0 Å². The lowest BCUT2D eigenvalue weighted by Crippen LogP contribution is -2.29. The number of ether oxygens (including phenoxy) is 1. The van der Waals surface area contributed by atoms with Crippen LogP contribution in [0, 0.1) is 6.92 Å². The minimum Gasteiger partial charge on any atom is -0.491 e. The van der Waals surface area contributed by atoms with Crippen molar-refractivity contribution in [3.63, 3.8) is 0 Å². The number of carbonyl (C=O) groups excluding carboxylic acids is 1. The molecule has 0 aliphatic heterocycles. The second-order valence-electron chi connectivity index (χ2n) is 5.78. The summed E-state index contributed by atoms with van der Waals surface area (Å²) in [7, 11) is 0. The van der Waals surface area contributed by atoms with E-state index < -0.39 is 0 Å². The van der Waals surface area contributed by atoms with Crippen molar-refractivity contribution in [3.05, 3.63) is 72.3 Å². The first kappa shape index (κ1) is 17.4. The van der Waals surface area contributed by atoms with Crippen molar-refractivity contribution >= 4 is 28.4 Å². The van der Waals surface area contributed by atoms with Gasteiger partial charge >= 0.3 is 0 Å². The van der Waals surface area contributed by atoms with E-state index in [1.807, 2.05) is 42.5 Å². The van der Waals surface area contributed by atoms with Gasteiger partial charge in [-0.2, -0.15) is 0 Å². The third-order valence-electron chi connectivity index (χ3n) is 3.82. The summed E-state index contributed by atoms with van der Waals surface area (Å²) in [5.74, 6) is 1.28. The molecule has 0 fully saturated rings. The van der Waals surface area contributed by atoms with Gasteiger partial charge in [0.05, 0.1) is 12.3 Å². The molecular formula is C21H21NO2S. The Bertz CT molecular complexity index is 841. The van der Waals surface area contributed by atoms with Gasteiger partial charge in [-0.05, 0) is 30.5 Å². The smallest absolute Gasteiger partial charge is 0.230 e. The first-order chi connectivity index (χ1) is 12.2. The van der Waals surface area contributed by atoms with E-state index in [9.17, 15) is 4.79 Å². The molecule has 0 aromatic heterocycles. The van der Waals surface area contributed by atoms with Gasteiger partial charge in [-0.1, -0.05) is 54.1 Å². The maximum Gasteiger partial charge on any atom is 0.230 e. The molecule has 4 heteroatoms. The molecule has 25 heavy (non-hydrogen) atoms. The lowest BCUT2D eigenvalue weighted by Gasteiger charge is -2.10. The van der Waals surface area contributed by atoms with E-state index in [-0.39, 0.29) is 5.91 Å². The maximum absolute atomic E-state index is 11.9. The van der Waals surface area contributed by atoms with Gasteiger partial charge in [-0.15, -0.1) is 11.8 Å². The van der Waals surface area contributed by atoms with Crippen molar-refractivity contribution in [3.8, 4) is 5.75 Å². The van der Waals surface area contributed by atoms with E-state index in [1.165, 1.54) is 5.56 Å². The lowest BCUT2D eigenvalue weighted by atomic mass is 10.1. The normalized spacial score (nSPS) is 10.6. The van der Waals surface area contributed by atoms with E-state index in [2.05, 4.69) is 36.5 Å². The second-order valence-corrected chi connectivity index (χ2v) is 6.83. The molecule has 1 N–H and O–H groups in total. The van der Waals surface area contributed by atoms with E-state index in [0.29, 0.717) is 18.9 Å². The fourth-order valence-electron chi connectivity index (χ4n) is 2.51. The number of thioether (sulfide) groups is 1. The van der Waals surface area contributed by atoms with Crippen LogP contribution in [0.5, 0.6) is 5.75 Å². The van der Waals surface area contributed by atoms with Gasteiger partial charge in [0.1, 0.15) is 12.4 Å². The van der Waals surface area contributed by atoms with Crippen molar-refractivity contribution in [1.29, 1.82) is 0 Å². The molecule has 128 valence electrons. The Balaban J connectivity index is 1.42. The molecule has 0 bridgehead atoms. The molecule has 3 aromatic rings. The number of benzene rings is 3. The van der Waals surface area contributed by atoms with Gasteiger partial charge in [-0.25, -0.2) is 0 Å². The summed E-state index contributed by atoms with van der Waals surface area (Å²) in [6, 6.07) is 22.3. The molecule has 1 amide bonds. The molecule has 0 radical (unpaired) electrons. The number of hydrogen-bond acceptors (Lipinski definition) is 3. The molecule has 0 aliphatic carbocycles. The Morgan fingerprint density at radius 3 is 2.60 bits per heavy atom. The Morgan fingerprint density at radius 1 is 1.00 bits per heavy atom. The zero-order valence-electron chi connectivity index (χ0n) is 14.2. The van der Waals surface area contributed by atoms with E-state index >= 15 is 0 Å². The van der Waals surface area contributed by atoms with Gasteiger partial charge in [0, 0.05) is 10.3 Å². The summed E-state index contributed by atoms with van der Waals surface area (Å²) < 4.78 is 5.82. The monoisotopic (exact) mass is 351 g/mol. The average molecular weight is 351 g/mol. The maximum atomic E-state index is 11.9. The summed E-state index contributed by atoms with van der Waals surface area (Å²) in [4.78, 5) is 13.0. The minimum atomic E-state index is 0.0205. The number of aryl methyl sites for hydroxylation is 1. The van der Waals surface area contributed by atoms with Gasteiger partial charge in [0.25, 0.3) is 0 Å². The first-order valence-corrected chi connectivity index (χ1v) is 9.28. The topological polar surface area (TPSA) is 38.3 Å². The van der Waals surface area contributed by atoms with Crippen LogP contribution < -0.4 is 10.1 Å². The molecule has 0 spiro atoms. The van der Waals surface area contributed by atoms with E-state index in [0.717, 1.165) is 21.4 Å². The molecule has 0 saturated carbocycles. The van der Waals surface area contributed by atoms with Crippen molar-refractivity contribution in [2.75, 3.05) is 18.9 Å². The van der Waals surface area contributed by atoms with E-state index in [1.54, 1.807) is 11.8 Å². The highest BCUT2D eigenvalue weighted by Gasteiger charge is 2.04. The van der Waals surface area contributed by atoms with E-state index in [4.69, 9.17) is 4.74 Å². The van der Waals surface area contributed by atoms with Gasteiger partial charge in [0.2, 0.25) is 5.91 Å². The Hall–Kier alpha value is -2.46. The predicted octanol–water partition coefficient (Wildman–Crippen LogP) is 4.44. The summed E-state index contributed by atoms with van der Waals surface area (Å²) in [6.07, 6.45) is 0. The van der Waals surface area contributed by atoms with Crippen LogP contribution in [0.1, 0.15) is 5.56 Å². The molecule has 0 aliphatic rings. The van der Waals surface area contributed by atoms with Gasteiger partial charge in [-0.3, -0.25) is 4.79 Å². The number of fused-ring (bicyclic) bond motifs is 1. The molecule has 0 saturated heterocycles. The summed E-state index contributed by atoms with van der Waals surface area (Å²) >= 11 is 1.54. The van der Waals surface area contributed by atoms with Crippen molar-refractivity contribution in [2.45, 2.75) is 11.8 Å². The molecule has 3 nitrogen and oxygen atoms in total. The van der Waals surface area contributed by atoms with Crippen LogP contribution >= 0.6 is 11.8 Å². The molecule has 3 rings (SSSR count). The van der Waals surface area contributed by atoms with Crippen LogP contribution in [-0.2, 0) is 4.79 Å². The van der Waals surface area contributed by atoms with Crippen LogP contribution in [-0.4, -0.2) is 24.8 Å². The highest BCUT2D eigenvalue weighted by atomic mass is 32.2. The third-order valence-corrected chi connectivity index (χ3v) is 4.83. The average Bonchev–Trinajstić information content (AvgIpc) is 2.65. The Kier molecular flexibility index (Phi) is 5.96. The van der Waals surface area contributed by atoms with Crippen LogP contribution in [0.15, 0.2) is 71.6 Å². The third kappa shape index (κ3) is 5.00. The second kappa shape index (κ2) is 8.58. The summed E-state index contributed by atoms with van der Waals surface area (Å²) in [6.45, 7) is 3.00. The minimum absolute atomic E-state index is 0.0205. The van der Waals surface area contributed by atoms with Crippen LogP contribution in [0.3, 0.4) is 0 Å². The zero-order valence-corrected chi connectivity index (χ0v) is 15.0. The highest BCUT2D eigenvalue weighted by Crippen LogP contribution is 2.24. The lowest BCUT2D eigenvalue weighted by molar-refractivity contribution is -0.118. The molecule has 0 unspecified atom stereocenters. The zero-order chi connectivity index (χ0) is 17.5.